The number of nitrogens with one attached hydrogen (secondary N) is 3. The van der Waals surface area contributed by atoms with Crippen molar-refractivity contribution in [1.82, 2.24) is 10.7 Å². The number of thiocarbonyl (C=S) groups is 1. The Balaban J connectivity index is 2.02. The molecule has 1 aliphatic rings. The van der Waals surface area contributed by atoms with Crippen molar-refractivity contribution < 1.29 is 18.1 Å². The molecule has 6 nitrogen and oxygen atoms in total. The van der Waals surface area contributed by atoms with E-state index in [1.54, 1.807) is 0 Å². The fourth-order valence-corrected chi connectivity index (χ4v) is 3.03. The van der Waals surface area contributed by atoms with Crippen LogP contribution in [0.15, 0.2) is 18.2 Å². The molecule has 1 aromatic carbocycles. The summed E-state index contributed by atoms with van der Waals surface area (Å²) in [6, 6.07) is 2.47. The molecule has 1 aliphatic carbocycles. The molecule has 0 radical (unpaired) electrons. The number of benzene rings is 1. The first-order valence-electron chi connectivity index (χ1n) is 7.86. The second-order valence-electron chi connectivity index (χ2n) is 6.08. The van der Waals surface area contributed by atoms with Crippen molar-refractivity contribution in [2.75, 3.05) is 5.43 Å². The maximum Gasteiger partial charge on any atom is 0.416 e. The molecule has 1 aromatic rings. The van der Waals surface area contributed by atoms with Gasteiger partial charge in [0.05, 0.1) is 10.5 Å². The number of alkyl halides is 3. The molecule has 0 unspecified atom stereocenters. The summed E-state index contributed by atoms with van der Waals surface area (Å²) < 4.78 is 38.1. The highest BCUT2D eigenvalue weighted by Gasteiger charge is 2.33. The molecule has 3 N–H and O–H groups in total. The number of hydrogen-bond donors (Lipinski definition) is 3. The molecule has 0 amide bonds. The summed E-state index contributed by atoms with van der Waals surface area (Å²) in [5, 5.41) is 14.4. The van der Waals surface area contributed by atoms with Gasteiger partial charge in [-0.25, -0.2) is 0 Å². The highest BCUT2D eigenvalue weighted by molar-refractivity contribution is 7.80. The molecule has 0 aliphatic heterocycles. The van der Waals surface area contributed by atoms with E-state index in [1.165, 1.54) is 6.42 Å². The van der Waals surface area contributed by atoms with E-state index in [9.17, 15) is 23.3 Å². The molecule has 10 heteroatoms. The topological polar surface area (TPSA) is 79.2 Å². The predicted octanol–water partition coefficient (Wildman–Crippen LogP) is 3.98. The van der Waals surface area contributed by atoms with Crippen molar-refractivity contribution in [2.45, 2.75) is 44.8 Å². The number of hydrogen-bond acceptors (Lipinski definition) is 4. The zero-order valence-electron chi connectivity index (χ0n) is 13.5. The van der Waals surface area contributed by atoms with Crippen LogP contribution in [0.5, 0.6) is 0 Å². The van der Waals surface area contributed by atoms with Gasteiger partial charge in [-0.1, -0.05) is 19.8 Å². The summed E-state index contributed by atoms with van der Waals surface area (Å²) in [7, 11) is 0. The molecule has 0 aromatic heterocycles. The standard InChI is InChI=1S/C15H19F3N4O2S/c1-9-4-2-3-5-11(9)19-14(25)21-20-12-7-6-10(15(16,17)18)8-13(12)22(23)24/h6-9,11,20H,2-5H2,1H3,(H2,19,21,25)/t9-,11-/m1/s1. The molecule has 0 heterocycles. The Kier molecular flexibility index (Phi) is 6.04. The molecular formula is C15H19F3N4O2S. The van der Waals surface area contributed by atoms with Crippen LogP contribution < -0.4 is 16.2 Å². The minimum Gasteiger partial charge on any atom is -0.358 e. The van der Waals surface area contributed by atoms with Gasteiger partial charge in [-0.2, -0.15) is 13.2 Å². The average molecular weight is 376 g/mol. The first kappa shape index (κ1) is 19.2. The third-order valence-corrected chi connectivity index (χ3v) is 4.48. The monoisotopic (exact) mass is 376 g/mol. The van der Waals surface area contributed by atoms with Gasteiger partial charge < -0.3 is 5.32 Å². The van der Waals surface area contributed by atoms with Gasteiger partial charge in [0.1, 0.15) is 5.69 Å². The van der Waals surface area contributed by atoms with Gasteiger partial charge >= 0.3 is 6.18 Å². The van der Waals surface area contributed by atoms with Crippen LogP contribution in [0.2, 0.25) is 0 Å². The summed E-state index contributed by atoms with van der Waals surface area (Å²) in [6.45, 7) is 2.12. The number of nitrogens with zero attached hydrogens (tertiary/aromatic N) is 1. The zero-order valence-corrected chi connectivity index (χ0v) is 14.3. The quantitative estimate of drug-likeness (QED) is 0.419. The largest absolute Gasteiger partial charge is 0.416 e. The summed E-state index contributed by atoms with van der Waals surface area (Å²) in [5.41, 5.74) is 3.26. The van der Waals surface area contributed by atoms with Crippen LogP contribution in [-0.4, -0.2) is 16.1 Å². The lowest BCUT2D eigenvalue weighted by molar-refractivity contribution is -0.384. The van der Waals surface area contributed by atoms with E-state index < -0.39 is 22.4 Å². The second-order valence-corrected chi connectivity index (χ2v) is 6.49. The molecule has 0 saturated heterocycles. The third kappa shape index (κ3) is 5.18. The summed E-state index contributed by atoms with van der Waals surface area (Å²) in [4.78, 5) is 10.2. The summed E-state index contributed by atoms with van der Waals surface area (Å²) in [6.07, 6.45) is -0.301. The lowest BCUT2D eigenvalue weighted by Crippen LogP contribution is -2.47. The van der Waals surface area contributed by atoms with Gasteiger partial charge in [0.2, 0.25) is 0 Å². The van der Waals surface area contributed by atoms with Crippen molar-refractivity contribution in [3.63, 3.8) is 0 Å². The molecule has 2 rings (SSSR count). The molecule has 0 bridgehead atoms. The first-order chi connectivity index (χ1) is 11.7. The Bertz CT molecular complexity index is 654. The van der Waals surface area contributed by atoms with Crippen molar-refractivity contribution in [1.29, 1.82) is 0 Å². The molecular weight excluding hydrogens is 357 g/mol. The van der Waals surface area contributed by atoms with Crippen molar-refractivity contribution in [3.05, 3.63) is 33.9 Å². The molecule has 25 heavy (non-hydrogen) atoms. The highest BCUT2D eigenvalue weighted by atomic mass is 32.1. The molecule has 2 atom stereocenters. The van der Waals surface area contributed by atoms with E-state index in [1.807, 2.05) is 0 Å². The number of rotatable bonds is 4. The Morgan fingerprint density at radius 2 is 2.00 bits per heavy atom. The van der Waals surface area contributed by atoms with Crippen molar-refractivity contribution >= 4 is 28.7 Å². The number of nitro groups is 1. The van der Waals surface area contributed by atoms with Gasteiger partial charge in [0, 0.05) is 12.1 Å². The molecule has 1 saturated carbocycles. The minimum atomic E-state index is -4.65. The molecule has 0 spiro atoms. The van der Waals surface area contributed by atoms with E-state index >= 15 is 0 Å². The van der Waals surface area contributed by atoms with E-state index in [4.69, 9.17) is 12.2 Å². The van der Waals surface area contributed by atoms with Crippen LogP contribution in [0.1, 0.15) is 38.2 Å². The number of hydrazine groups is 1. The Labute approximate surface area is 148 Å². The lowest BCUT2D eigenvalue weighted by Gasteiger charge is -2.30. The van der Waals surface area contributed by atoms with Crippen LogP contribution in [-0.2, 0) is 6.18 Å². The highest BCUT2D eigenvalue weighted by Crippen LogP contribution is 2.34. The van der Waals surface area contributed by atoms with Gasteiger partial charge in [0.15, 0.2) is 5.11 Å². The normalized spacial score (nSPS) is 20.6. The fraction of sp³-hybridized carbons (Fsp3) is 0.533. The predicted molar refractivity (Wildman–Crippen MR) is 92.0 cm³/mol. The smallest absolute Gasteiger partial charge is 0.358 e. The van der Waals surface area contributed by atoms with E-state index in [0.29, 0.717) is 12.0 Å². The van der Waals surface area contributed by atoms with Gasteiger partial charge in [-0.3, -0.25) is 21.0 Å². The van der Waals surface area contributed by atoms with Crippen LogP contribution in [0.3, 0.4) is 0 Å². The van der Waals surface area contributed by atoms with E-state index in [0.717, 1.165) is 31.4 Å². The number of anilines is 1. The Hall–Kier alpha value is -2.10. The SMILES string of the molecule is C[C@@H]1CCCC[C@H]1NC(=S)NNc1ccc(C(F)(F)F)cc1[N+](=O)[O-]. The van der Waals surface area contributed by atoms with Crippen LogP contribution in [0.25, 0.3) is 0 Å². The minimum absolute atomic E-state index is 0.0983. The number of halogens is 3. The lowest BCUT2D eigenvalue weighted by atomic mass is 9.86. The zero-order chi connectivity index (χ0) is 18.6. The van der Waals surface area contributed by atoms with E-state index in [2.05, 4.69) is 23.1 Å². The maximum atomic E-state index is 12.7. The number of nitro benzene ring substituents is 1. The third-order valence-electron chi connectivity index (χ3n) is 4.26. The van der Waals surface area contributed by atoms with Crippen molar-refractivity contribution in [3.8, 4) is 0 Å². The van der Waals surface area contributed by atoms with Crippen LogP contribution >= 0.6 is 12.2 Å². The van der Waals surface area contributed by atoms with E-state index in [-0.39, 0.29) is 16.8 Å². The van der Waals surface area contributed by atoms with Gasteiger partial charge in [0.25, 0.3) is 5.69 Å². The Morgan fingerprint density at radius 1 is 1.32 bits per heavy atom. The van der Waals surface area contributed by atoms with Crippen molar-refractivity contribution in [2.24, 2.45) is 5.92 Å². The second kappa shape index (κ2) is 7.85. The van der Waals surface area contributed by atoms with Gasteiger partial charge in [-0.15, -0.1) is 0 Å². The first-order valence-corrected chi connectivity index (χ1v) is 8.27. The van der Waals surface area contributed by atoms with Crippen LogP contribution in [0.4, 0.5) is 24.5 Å². The fourth-order valence-electron chi connectivity index (χ4n) is 2.82. The maximum absolute atomic E-state index is 12.7. The summed E-state index contributed by atoms with van der Waals surface area (Å²) in [5.74, 6) is 0.453. The summed E-state index contributed by atoms with van der Waals surface area (Å²) >= 11 is 5.15. The average Bonchev–Trinajstić information content (AvgIpc) is 2.54. The molecule has 138 valence electrons. The van der Waals surface area contributed by atoms with Crippen LogP contribution in [0, 0.1) is 16.0 Å². The Morgan fingerprint density at radius 3 is 2.60 bits per heavy atom. The molecule has 1 fully saturated rings. The van der Waals surface area contributed by atoms with Gasteiger partial charge in [-0.05, 0) is 43.1 Å².